The molecule has 0 saturated carbocycles. The summed E-state index contributed by atoms with van der Waals surface area (Å²) in [5.41, 5.74) is 7.50. The number of nitrogens with zero attached hydrogens (tertiary/aromatic N) is 3. The van der Waals surface area contributed by atoms with E-state index in [4.69, 9.17) is 15.7 Å². The quantitative estimate of drug-likeness (QED) is 0.792. The van der Waals surface area contributed by atoms with Crippen molar-refractivity contribution in [3.05, 3.63) is 41.9 Å². The van der Waals surface area contributed by atoms with E-state index in [1.54, 1.807) is 18.2 Å². The third-order valence-electron chi connectivity index (χ3n) is 2.33. The molecule has 0 aliphatic carbocycles. The molecule has 0 aliphatic rings. The maximum Gasteiger partial charge on any atom is 0.240 e. The maximum absolute atomic E-state index is 8.89. The van der Waals surface area contributed by atoms with Gasteiger partial charge in [-0.3, -0.25) is 0 Å². The highest BCUT2D eigenvalue weighted by Gasteiger charge is 2.08. The second-order valence-corrected chi connectivity index (χ2v) is 3.43. The van der Waals surface area contributed by atoms with Gasteiger partial charge in [0.1, 0.15) is 23.7 Å². The number of ether oxygens (including phenoxy) is 1. The average Bonchev–Trinajstić information content (AvgIpc) is 2.35. The Kier molecular flexibility index (Phi) is 2.88. The van der Waals surface area contributed by atoms with Gasteiger partial charge < -0.3 is 10.5 Å². The monoisotopic (exact) mass is 226 g/mol. The smallest absolute Gasteiger partial charge is 0.240 e. The fraction of sp³-hybridized carbons (Fsp3) is 0.0833. The second kappa shape index (κ2) is 4.49. The van der Waals surface area contributed by atoms with Gasteiger partial charge in [0, 0.05) is 11.3 Å². The topological polar surface area (TPSA) is 84.8 Å². The Labute approximate surface area is 98.5 Å². The Morgan fingerprint density at radius 3 is 3.00 bits per heavy atom. The number of hydrogen-bond acceptors (Lipinski definition) is 5. The molecule has 0 fully saturated rings. The van der Waals surface area contributed by atoms with Crippen molar-refractivity contribution in [3.63, 3.8) is 0 Å². The summed E-state index contributed by atoms with van der Waals surface area (Å²) >= 11 is 0. The fourth-order valence-corrected chi connectivity index (χ4v) is 1.32. The van der Waals surface area contributed by atoms with Gasteiger partial charge in [-0.05, 0) is 19.1 Å². The summed E-state index contributed by atoms with van der Waals surface area (Å²) in [4.78, 5) is 7.68. The molecule has 2 N–H and O–H groups in total. The van der Waals surface area contributed by atoms with Crippen LogP contribution in [0, 0.1) is 18.3 Å². The average molecular weight is 226 g/mol. The SMILES string of the molecule is Cc1c(N)cccc1Oc1ncncc1C#N. The van der Waals surface area contributed by atoms with E-state index in [9.17, 15) is 0 Å². The zero-order valence-electron chi connectivity index (χ0n) is 9.21. The van der Waals surface area contributed by atoms with Crippen molar-refractivity contribution in [1.82, 2.24) is 9.97 Å². The Hall–Kier alpha value is -2.61. The van der Waals surface area contributed by atoms with Crippen LogP contribution in [0.3, 0.4) is 0 Å². The summed E-state index contributed by atoms with van der Waals surface area (Å²) in [6.07, 6.45) is 2.74. The van der Waals surface area contributed by atoms with Crippen LogP contribution in [-0.2, 0) is 0 Å². The van der Waals surface area contributed by atoms with Crippen LogP contribution in [0.25, 0.3) is 0 Å². The number of rotatable bonds is 2. The molecule has 1 aromatic carbocycles. The summed E-state index contributed by atoms with van der Waals surface area (Å²) in [7, 11) is 0. The standard InChI is InChI=1S/C12H10N4O/c1-8-10(14)3-2-4-11(8)17-12-9(5-13)6-15-7-16-12/h2-4,6-7H,14H2,1H3. The van der Waals surface area contributed by atoms with Crippen molar-refractivity contribution in [2.24, 2.45) is 0 Å². The summed E-state index contributed by atoms with van der Waals surface area (Å²) in [6.45, 7) is 1.85. The fourth-order valence-electron chi connectivity index (χ4n) is 1.32. The van der Waals surface area contributed by atoms with Crippen molar-refractivity contribution in [1.29, 1.82) is 5.26 Å². The first-order valence-corrected chi connectivity index (χ1v) is 4.95. The maximum atomic E-state index is 8.89. The van der Waals surface area contributed by atoms with Crippen molar-refractivity contribution >= 4 is 5.69 Å². The Balaban J connectivity index is 2.39. The van der Waals surface area contributed by atoms with Crippen molar-refractivity contribution in [2.45, 2.75) is 6.92 Å². The minimum atomic E-state index is 0.233. The van der Waals surface area contributed by atoms with Crippen LogP contribution in [0.5, 0.6) is 11.6 Å². The molecular weight excluding hydrogens is 216 g/mol. The molecule has 5 heteroatoms. The second-order valence-electron chi connectivity index (χ2n) is 3.43. The third-order valence-corrected chi connectivity index (χ3v) is 2.33. The molecule has 1 heterocycles. The Morgan fingerprint density at radius 2 is 2.24 bits per heavy atom. The van der Waals surface area contributed by atoms with Gasteiger partial charge in [-0.25, -0.2) is 9.97 Å². The molecule has 17 heavy (non-hydrogen) atoms. The van der Waals surface area contributed by atoms with Gasteiger partial charge in [-0.1, -0.05) is 6.07 Å². The molecule has 0 unspecified atom stereocenters. The largest absolute Gasteiger partial charge is 0.437 e. The van der Waals surface area contributed by atoms with Crippen LogP contribution in [0.4, 0.5) is 5.69 Å². The highest BCUT2D eigenvalue weighted by Crippen LogP contribution is 2.28. The molecule has 0 radical (unpaired) electrons. The first-order chi connectivity index (χ1) is 8.22. The third kappa shape index (κ3) is 2.16. The molecule has 0 spiro atoms. The Morgan fingerprint density at radius 1 is 1.41 bits per heavy atom. The van der Waals surface area contributed by atoms with Crippen LogP contribution in [-0.4, -0.2) is 9.97 Å². The lowest BCUT2D eigenvalue weighted by atomic mass is 10.2. The highest BCUT2D eigenvalue weighted by atomic mass is 16.5. The van der Waals surface area contributed by atoms with Gasteiger partial charge in [-0.15, -0.1) is 0 Å². The van der Waals surface area contributed by atoms with Crippen molar-refractivity contribution < 1.29 is 4.74 Å². The lowest BCUT2D eigenvalue weighted by molar-refractivity contribution is 0.456. The van der Waals surface area contributed by atoms with E-state index in [2.05, 4.69) is 9.97 Å². The van der Waals surface area contributed by atoms with Gasteiger partial charge in [0.05, 0.1) is 6.20 Å². The van der Waals surface area contributed by atoms with Crippen LogP contribution in [0.15, 0.2) is 30.7 Å². The van der Waals surface area contributed by atoms with Crippen LogP contribution >= 0.6 is 0 Å². The van der Waals surface area contributed by atoms with Crippen LogP contribution in [0.1, 0.15) is 11.1 Å². The normalized spacial score (nSPS) is 9.65. The molecule has 5 nitrogen and oxygen atoms in total. The molecule has 2 aromatic rings. The number of nitrogens with two attached hydrogens (primary N) is 1. The molecule has 0 atom stereocenters. The summed E-state index contributed by atoms with van der Waals surface area (Å²) in [5, 5.41) is 8.89. The zero-order chi connectivity index (χ0) is 12.3. The predicted octanol–water partition coefficient (Wildman–Crippen LogP) is 2.03. The van der Waals surface area contributed by atoms with Gasteiger partial charge in [0.15, 0.2) is 0 Å². The minimum Gasteiger partial charge on any atom is -0.437 e. The van der Waals surface area contributed by atoms with E-state index >= 15 is 0 Å². The molecule has 0 aliphatic heterocycles. The molecule has 0 amide bonds. The number of anilines is 1. The van der Waals surface area contributed by atoms with Crippen molar-refractivity contribution in [3.8, 4) is 17.7 Å². The predicted molar refractivity (Wildman–Crippen MR) is 62.4 cm³/mol. The van der Waals surface area contributed by atoms with Crippen molar-refractivity contribution in [2.75, 3.05) is 5.73 Å². The van der Waals surface area contributed by atoms with Gasteiger partial charge in [0.25, 0.3) is 0 Å². The molecular formula is C12H10N4O. The van der Waals surface area contributed by atoms with E-state index in [0.717, 1.165) is 5.56 Å². The Bertz CT molecular complexity index is 589. The van der Waals surface area contributed by atoms with E-state index in [0.29, 0.717) is 11.4 Å². The molecule has 0 saturated heterocycles. The lowest BCUT2D eigenvalue weighted by Crippen LogP contribution is -1.96. The van der Waals surface area contributed by atoms with E-state index in [1.165, 1.54) is 12.5 Å². The highest BCUT2D eigenvalue weighted by molar-refractivity contribution is 5.54. The first-order valence-electron chi connectivity index (χ1n) is 4.95. The molecule has 2 rings (SSSR count). The van der Waals surface area contributed by atoms with Gasteiger partial charge >= 0.3 is 0 Å². The number of aromatic nitrogens is 2. The van der Waals surface area contributed by atoms with E-state index in [1.807, 2.05) is 13.0 Å². The summed E-state index contributed by atoms with van der Waals surface area (Å²) in [6, 6.07) is 7.31. The molecule has 0 bridgehead atoms. The molecule has 1 aromatic heterocycles. The number of nitriles is 1. The van der Waals surface area contributed by atoms with E-state index < -0.39 is 0 Å². The number of nitrogen functional groups attached to an aromatic ring is 1. The molecule has 84 valence electrons. The van der Waals surface area contributed by atoms with Crippen LogP contribution < -0.4 is 10.5 Å². The summed E-state index contributed by atoms with van der Waals surface area (Å²) < 4.78 is 5.56. The van der Waals surface area contributed by atoms with Crippen LogP contribution in [0.2, 0.25) is 0 Å². The van der Waals surface area contributed by atoms with Gasteiger partial charge in [0.2, 0.25) is 5.88 Å². The first kappa shape index (κ1) is 10.9. The van der Waals surface area contributed by atoms with Gasteiger partial charge in [-0.2, -0.15) is 5.26 Å². The number of benzene rings is 1. The summed E-state index contributed by atoms with van der Waals surface area (Å²) in [5.74, 6) is 0.816. The lowest BCUT2D eigenvalue weighted by Gasteiger charge is -2.09. The van der Waals surface area contributed by atoms with E-state index in [-0.39, 0.29) is 11.4 Å². The zero-order valence-corrected chi connectivity index (χ0v) is 9.21. The minimum absolute atomic E-state index is 0.233. The number of hydrogen-bond donors (Lipinski definition) is 1.